The molecule has 1 fully saturated rings. The number of rotatable bonds is 4. The molecule has 0 heterocycles. The average Bonchev–Trinajstić information content (AvgIpc) is 2.68. The van der Waals surface area contributed by atoms with Crippen molar-refractivity contribution in [2.24, 2.45) is 11.8 Å². The molecule has 114 valence electrons. The van der Waals surface area contributed by atoms with E-state index in [4.69, 9.17) is 4.74 Å². The van der Waals surface area contributed by atoms with E-state index in [9.17, 15) is 9.90 Å². The minimum atomic E-state index is -0.703. The lowest BCUT2D eigenvalue weighted by atomic mass is 9.79. The normalized spacial score (nSPS) is 30.6. The Morgan fingerprint density at radius 1 is 1.24 bits per heavy atom. The maximum absolute atomic E-state index is 11.6. The van der Waals surface area contributed by atoms with Crippen molar-refractivity contribution in [2.45, 2.75) is 51.0 Å². The van der Waals surface area contributed by atoms with Crippen LogP contribution in [0.15, 0.2) is 24.3 Å². The number of esters is 1. The van der Waals surface area contributed by atoms with Gasteiger partial charge < -0.3 is 9.84 Å². The molecular weight excluding hydrogens is 264 g/mol. The lowest BCUT2D eigenvalue weighted by molar-refractivity contribution is -0.145. The summed E-state index contributed by atoms with van der Waals surface area (Å²) in [5.41, 5.74) is 2.05. The third kappa shape index (κ3) is 2.71. The molecule has 0 amide bonds. The highest BCUT2D eigenvalue weighted by Crippen LogP contribution is 2.49. The van der Waals surface area contributed by atoms with E-state index >= 15 is 0 Å². The van der Waals surface area contributed by atoms with E-state index < -0.39 is 5.60 Å². The topological polar surface area (TPSA) is 46.5 Å². The van der Waals surface area contributed by atoms with Gasteiger partial charge in [0, 0.05) is 6.42 Å². The van der Waals surface area contributed by atoms with Gasteiger partial charge in [-0.25, -0.2) is 0 Å². The largest absolute Gasteiger partial charge is 0.466 e. The fourth-order valence-corrected chi connectivity index (χ4v) is 4.22. The lowest BCUT2D eigenvalue weighted by Crippen LogP contribution is -2.40. The molecule has 2 bridgehead atoms. The van der Waals surface area contributed by atoms with Crippen molar-refractivity contribution < 1.29 is 14.6 Å². The molecule has 1 aromatic carbocycles. The number of hydrogen-bond acceptors (Lipinski definition) is 3. The summed E-state index contributed by atoms with van der Waals surface area (Å²) in [6.07, 6.45) is 4.87. The Morgan fingerprint density at radius 2 is 1.81 bits per heavy atom. The first-order valence-electron chi connectivity index (χ1n) is 8.08. The van der Waals surface area contributed by atoms with Gasteiger partial charge in [-0.3, -0.25) is 4.79 Å². The van der Waals surface area contributed by atoms with Crippen molar-refractivity contribution in [3.8, 4) is 0 Å². The van der Waals surface area contributed by atoms with E-state index in [0.29, 0.717) is 19.4 Å². The molecule has 2 unspecified atom stereocenters. The summed E-state index contributed by atoms with van der Waals surface area (Å²) < 4.78 is 5.01. The summed E-state index contributed by atoms with van der Waals surface area (Å²) in [4.78, 5) is 11.6. The van der Waals surface area contributed by atoms with Crippen molar-refractivity contribution in [1.29, 1.82) is 0 Å². The van der Waals surface area contributed by atoms with E-state index in [2.05, 4.69) is 24.3 Å². The summed E-state index contributed by atoms with van der Waals surface area (Å²) in [6.45, 7) is 2.23. The highest BCUT2D eigenvalue weighted by atomic mass is 16.5. The summed E-state index contributed by atoms with van der Waals surface area (Å²) in [5.74, 6) is 0.369. The fourth-order valence-electron chi connectivity index (χ4n) is 4.22. The molecule has 2 aliphatic carbocycles. The molecule has 2 atom stereocenters. The zero-order valence-electron chi connectivity index (χ0n) is 12.7. The highest BCUT2D eigenvalue weighted by molar-refractivity contribution is 5.69. The van der Waals surface area contributed by atoms with Crippen LogP contribution in [0.2, 0.25) is 0 Å². The quantitative estimate of drug-likeness (QED) is 0.867. The van der Waals surface area contributed by atoms with Crippen LogP contribution in [-0.4, -0.2) is 23.3 Å². The van der Waals surface area contributed by atoms with Crippen molar-refractivity contribution in [2.75, 3.05) is 6.61 Å². The molecule has 21 heavy (non-hydrogen) atoms. The SMILES string of the molecule is CCOC(=O)CCC1(O)C2CCC1Cc1ccccc1C2. The average molecular weight is 288 g/mol. The molecule has 0 spiro atoms. The van der Waals surface area contributed by atoms with Crippen molar-refractivity contribution in [1.82, 2.24) is 0 Å². The van der Waals surface area contributed by atoms with Crippen molar-refractivity contribution >= 4 is 5.97 Å². The first-order valence-corrected chi connectivity index (χ1v) is 8.08. The highest BCUT2D eigenvalue weighted by Gasteiger charge is 2.50. The molecule has 0 saturated heterocycles. The Morgan fingerprint density at radius 3 is 2.33 bits per heavy atom. The van der Waals surface area contributed by atoms with E-state index in [1.165, 1.54) is 11.1 Å². The van der Waals surface area contributed by atoms with Gasteiger partial charge in [-0.05, 0) is 62.0 Å². The van der Waals surface area contributed by atoms with Gasteiger partial charge in [0.15, 0.2) is 0 Å². The summed E-state index contributed by atoms with van der Waals surface area (Å²) in [7, 11) is 0. The van der Waals surface area contributed by atoms with Crippen LogP contribution in [0.1, 0.15) is 43.7 Å². The van der Waals surface area contributed by atoms with E-state index in [-0.39, 0.29) is 17.8 Å². The number of fused-ring (bicyclic) bond motifs is 3. The third-order valence-electron chi connectivity index (χ3n) is 5.36. The van der Waals surface area contributed by atoms with Crippen LogP contribution in [0.25, 0.3) is 0 Å². The fraction of sp³-hybridized carbons (Fsp3) is 0.611. The Kier molecular flexibility index (Phi) is 4.03. The van der Waals surface area contributed by atoms with Crippen LogP contribution < -0.4 is 0 Å². The number of carbonyl (C=O) groups is 1. The third-order valence-corrected chi connectivity index (χ3v) is 5.36. The van der Waals surface area contributed by atoms with Gasteiger partial charge in [0.25, 0.3) is 0 Å². The van der Waals surface area contributed by atoms with Crippen LogP contribution in [-0.2, 0) is 22.4 Å². The van der Waals surface area contributed by atoms with Gasteiger partial charge in [0.2, 0.25) is 0 Å². The van der Waals surface area contributed by atoms with Crippen LogP contribution in [0.4, 0.5) is 0 Å². The number of aliphatic hydroxyl groups is 1. The molecule has 1 saturated carbocycles. The zero-order valence-corrected chi connectivity index (χ0v) is 12.7. The molecule has 1 N–H and O–H groups in total. The standard InChI is InChI=1S/C18H24O3/c1-2-21-17(19)9-10-18(20)15-7-8-16(18)12-14-6-4-3-5-13(14)11-15/h3-6,15-16,20H,2,7-12H2,1H3. The Bertz CT molecular complexity index is 490. The zero-order chi connectivity index (χ0) is 14.9. The van der Waals surface area contributed by atoms with Crippen LogP contribution >= 0.6 is 0 Å². The van der Waals surface area contributed by atoms with E-state index in [1.807, 2.05) is 6.92 Å². The second kappa shape index (κ2) is 5.80. The van der Waals surface area contributed by atoms with Crippen LogP contribution in [0.3, 0.4) is 0 Å². The number of benzene rings is 1. The molecule has 3 rings (SSSR count). The monoisotopic (exact) mass is 288 g/mol. The molecule has 1 aromatic rings. The summed E-state index contributed by atoms with van der Waals surface area (Å²) in [6, 6.07) is 8.52. The molecule has 3 heteroatoms. The molecule has 3 nitrogen and oxygen atoms in total. The van der Waals surface area contributed by atoms with Crippen LogP contribution in [0.5, 0.6) is 0 Å². The molecular formula is C18H24O3. The number of ether oxygens (including phenoxy) is 1. The maximum atomic E-state index is 11.6. The molecule has 0 aromatic heterocycles. The summed E-state index contributed by atoms with van der Waals surface area (Å²) >= 11 is 0. The lowest BCUT2D eigenvalue weighted by Gasteiger charge is -2.33. The van der Waals surface area contributed by atoms with Gasteiger partial charge in [0.1, 0.15) is 0 Å². The second-order valence-corrected chi connectivity index (χ2v) is 6.44. The van der Waals surface area contributed by atoms with E-state index in [0.717, 1.165) is 25.7 Å². The minimum absolute atomic E-state index is 0.188. The second-order valence-electron chi connectivity index (χ2n) is 6.44. The van der Waals surface area contributed by atoms with E-state index in [1.54, 1.807) is 0 Å². The maximum Gasteiger partial charge on any atom is 0.305 e. The molecule has 0 aliphatic heterocycles. The first kappa shape index (κ1) is 14.6. The van der Waals surface area contributed by atoms with Crippen molar-refractivity contribution in [3.63, 3.8) is 0 Å². The minimum Gasteiger partial charge on any atom is -0.466 e. The first-order chi connectivity index (χ1) is 10.1. The number of carbonyl (C=O) groups excluding carboxylic acids is 1. The smallest absolute Gasteiger partial charge is 0.305 e. The van der Waals surface area contributed by atoms with Crippen molar-refractivity contribution in [3.05, 3.63) is 35.4 Å². The van der Waals surface area contributed by atoms with Gasteiger partial charge in [-0.15, -0.1) is 0 Å². The number of hydrogen-bond donors (Lipinski definition) is 1. The predicted octanol–water partition coefficient (Wildman–Crippen LogP) is 2.89. The predicted molar refractivity (Wildman–Crippen MR) is 80.9 cm³/mol. The summed E-state index contributed by atoms with van der Waals surface area (Å²) in [5, 5.41) is 11.2. The molecule has 0 radical (unpaired) electrons. The van der Waals surface area contributed by atoms with Gasteiger partial charge in [0.05, 0.1) is 12.2 Å². The Labute approximate surface area is 126 Å². The molecule has 2 aliphatic rings. The Balaban J connectivity index is 1.77. The van der Waals surface area contributed by atoms with Gasteiger partial charge in [-0.2, -0.15) is 0 Å². The van der Waals surface area contributed by atoms with Crippen LogP contribution in [0, 0.1) is 11.8 Å². The Hall–Kier alpha value is -1.35. The van der Waals surface area contributed by atoms with Gasteiger partial charge >= 0.3 is 5.97 Å². The van der Waals surface area contributed by atoms with Gasteiger partial charge in [-0.1, -0.05) is 24.3 Å².